The van der Waals surface area contributed by atoms with E-state index in [-0.39, 0.29) is 5.92 Å². The molecule has 9 rings (SSSR count). The predicted molar refractivity (Wildman–Crippen MR) is 235 cm³/mol. The van der Waals surface area contributed by atoms with E-state index in [4.69, 9.17) is 9.98 Å². The lowest BCUT2D eigenvalue weighted by Crippen LogP contribution is -2.31. The van der Waals surface area contributed by atoms with Crippen LogP contribution < -0.4 is 0 Å². The van der Waals surface area contributed by atoms with Crippen molar-refractivity contribution in [2.45, 2.75) is 31.2 Å². The van der Waals surface area contributed by atoms with E-state index in [1.165, 1.54) is 39.0 Å². The second kappa shape index (κ2) is 15.5. The molecule has 0 heterocycles. The van der Waals surface area contributed by atoms with Crippen molar-refractivity contribution in [3.8, 4) is 17.2 Å². The van der Waals surface area contributed by atoms with Gasteiger partial charge in [0.2, 0.25) is 0 Å². The Labute approximate surface area is 335 Å². The van der Waals surface area contributed by atoms with Crippen molar-refractivity contribution in [1.29, 1.82) is 5.26 Å². The number of nitrogens with zero attached hydrogens (tertiary/aromatic N) is 3. The van der Waals surface area contributed by atoms with Gasteiger partial charge in [0.05, 0.1) is 23.6 Å². The highest BCUT2D eigenvalue weighted by Gasteiger charge is 2.48. The smallest absolute Gasteiger partial charge is 0.155 e. The Morgan fingerprint density at radius 3 is 1.95 bits per heavy atom. The summed E-state index contributed by atoms with van der Waals surface area (Å²) in [6, 6.07) is 68.8. The predicted octanol–water partition coefficient (Wildman–Crippen LogP) is 12.5. The maximum atomic E-state index is 9.73. The van der Waals surface area contributed by atoms with Crippen molar-refractivity contribution in [3.05, 3.63) is 256 Å². The molecule has 1 atom stereocenters. The molecule has 0 bridgehead atoms. The van der Waals surface area contributed by atoms with Crippen LogP contribution in [0.1, 0.15) is 69.3 Å². The summed E-state index contributed by atoms with van der Waals surface area (Å²) in [5.74, 6) is 0.863. The molecule has 7 aromatic rings. The molecular weight excluding hydrogens is 691 g/mol. The van der Waals surface area contributed by atoms with Crippen molar-refractivity contribution in [3.63, 3.8) is 0 Å². The number of aliphatic imine (C=N–C) groups is 2. The number of hydrogen-bond acceptors (Lipinski definition) is 2. The molecule has 0 aliphatic heterocycles. The van der Waals surface area contributed by atoms with Gasteiger partial charge in [-0.25, -0.2) is 4.99 Å². The van der Waals surface area contributed by atoms with Gasteiger partial charge in [-0.2, -0.15) is 5.26 Å². The minimum absolute atomic E-state index is 0.149. The molecule has 1 unspecified atom stereocenters. The summed E-state index contributed by atoms with van der Waals surface area (Å²) in [5.41, 5.74) is 15.5. The van der Waals surface area contributed by atoms with Gasteiger partial charge in [-0.15, -0.1) is 0 Å². The second-order valence-electron chi connectivity index (χ2n) is 14.8. The Balaban J connectivity index is 1.14. The Kier molecular flexibility index (Phi) is 9.69. The molecule has 0 fully saturated rings. The van der Waals surface area contributed by atoms with E-state index in [9.17, 15) is 5.26 Å². The zero-order chi connectivity index (χ0) is 38.6. The van der Waals surface area contributed by atoms with Gasteiger partial charge in [0, 0.05) is 17.2 Å². The van der Waals surface area contributed by atoms with Crippen LogP contribution >= 0.6 is 0 Å². The van der Waals surface area contributed by atoms with Gasteiger partial charge < -0.3 is 0 Å². The highest BCUT2D eigenvalue weighted by atomic mass is 14.9. The minimum Gasteiger partial charge on any atom is -0.261 e. The first-order valence-electron chi connectivity index (χ1n) is 19.6. The highest BCUT2D eigenvalue weighted by Crippen LogP contribution is 2.59. The largest absolute Gasteiger partial charge is 0.261 e. The number of allylic oxidation sites excluding steroid dienone is 4. The number of benzene rings is 7. The van der Waals surface area contributed by atoms with Crippen LogP contribution in [0, 0.1) is 11.3 Å². The van der Waals surface area contributed by atoms with Crippen LogP contribution in [0.2, 0.25) is 0 Å². The number of nitriles is 1. The van der Waals surface area contributed by atoms with E-state index in [2.05, 4.69) is 152 Å². The summed E-state index contributed by atoms with van der Waals surface area (Å²) in [7, 11) is 0. The molecule has 2 aliphatic rings. The van der Waals surface area contributed by atoms with Crippen LogP contribution in [-0.2, 0) is 12.0 Å². The lowest BCUT2D eigenvalue weighted by Gasteiger charge is -2.38. The van der Waals surface area contributed by atoms with E-state index in [0.29, 0.717) is 17.9 Å². The SMILES string of the molecule is CC(=NC(=NCc1ccccc1)c1ccc(-c2ccc3c(c2)C(c2ccccc2)(c2ccccc2)C2=C3C=CC(c3cccc(C#N)c3)C2)cc1)c1ccccc1. The molecule has 2 aliphatic carbocycles. The Hall–Kier alpha value is -7.15. The zero-order valence-corrected chi connectivity index (χ0v) is 31.9. The van der Waals surface area contributed by atoms with Gasteiger partial charge in [0.25, 0.3) is 0 Å². The van der Waals surface area contributed by atoms with Crippen LogP contribution in [0.15, 0.2) is 216 Å². The lowest BCUT2D eigenvalue weighted by molar-refractivity contribution is 0.666. The van der Waals surface area contributed by atoms with Crippen LogP contribution in [-0.4, -0.2) is 11.5 Å². The lowest BCUT2D eigenvalue weighted by atomic mass is 9.64. The van der Waals surface area contributed by atoms with Crippen LogP contribution in [0.3, 0.4) is 0 Å². The summed E-state index contributed by atoms with van der Waals surface area (Å²) in [6.07, 6.45) is 5.51. The fraction of sp³-hybridized carbons (Fsp3) is 0.0926. The van der Waals surface area contributed by atoms with Gasteiger partial charge in [-0.1, -0.05) is 182 Å². The van der Waals surface area contributed by atoms with Crippen LogP contribution in [0.5, 0.6) is 0 Å². The van der Waals surface area contributed by atoms with Crippen LogP contribution in [0.4, 0.5) is 0 Å². The first-order chi connectivity index (χ1) is 28.1. The monoisotopic (exact) mass is 731 g/mol. The Morgan fingerprint density at radius 2 is 1.28 bits per heavy atom. The normalized spacial score (nSPS) is 15.8. The second-order valence-corrected chi connectivity index (χ2v) is 14.8. The van der Waals surface area contributed by atoms with E-state index in [1.807, 2.05) is 61.5 Å². The average Bonchev–Trinajstić information content (AvgIpc) is 3.58. The fourth-order valence-corrected chi connectivity index (χ4v) is 8.68. The maximum Gasteiger partial charge on any atom is 0.155 e. The number of amidine groups is 1. The third-order valence-electron chi connectivity index (χ3n) is 11.5. The number of hydrogen-bond donors (Lipinski definition) is 0. The molecule has 3 heteroatoms. The highest BCUT2D eigenvalue weighted by molar-refractivity contribution is 6.11. The first-order valence-corrected chi connectivity index (χ1v) is 19.6. The van der Waals surface area contributed by atoms with Gasteiger partial charge in [0.1, 0.15) is 0 Å². The van der Waals surface area contributed by atoms with E-state index < -0.39 is 5.41 Å². The summed E-state index contributed by atoms with van der Waals surface area (Å²) in [4.78, 5) is 10.1. The standard InChI is InChI=1S/C54H41N3/c1-38(41-18-8-3-9-19-41)57-53(56-37-39-15-6-2-7-16-39)43-27-25-42(26-28-43)45-29-31-49-50-32-30-46(44-20-14-17-40(33-44)36-55)35-52(50)54(51(49)34-45,47-21-10-4-11-22-47)48-23-12-5-13-24-48/h2-34,46H,35,37H2,1H3. The molecule has 57 heavy (non-hydrogen) atoms. The average molecular weight is 732 g/mol. The molecule has 0 spiro atoms. The van der Waals surface area contributed by atoms with Gasteiger partial charge in [-0.05, 0) is 92.8 Å². The van der Waals surface area contributed by atoms with Crippen LogP contribution in [0.25, 0.3) is 16.7 Å². The quantitative estimate of drug-likeness (QED) is 0.113. The molecule has 3 nitrogen and oxygen atoms in total. The van der Waals surface area contributed by atoms with E-state index in [1.54, 1.807) is 0 Å². The molecule has 0 aromatic heterocycles. The molecule has 0 saturated carbocycles. The van der Waals surface area contributed by atoms with Gasteiger partial charge >= 0.3 is 0 Å². The van der Waals surface area contributed by atoms with Crippen molar-refractivity contribution in [2.75, 3.05) is 0 Å². The van der Waals surface area contributed by atoms with Crippen molar-refractivity contribution in [1.82, 2.24) is 0 Å². The molecule has 0 saturated heterocycles. The summed E-state index contributed by atoms with van der Waals surface area (Å²) < 4.78 is 0. The maximum absolute atomic E-state index is 9.73. The summed E-state index contributed by atoms with van der Waals surface area (Å²) in [5, 5.41) is 9.73. The molecule has 0 N–H and O–H groups in total. The molecular formula is C54H41N3. The van der Waals surface area contributed by atoms with E-state index >= 15 is 0 Å². The van der Waals surface area contributed by atoms with Gasteiger partial charge in [-0.3, -0.25) is 4.99 Å². The number of fused-ring (bicyclic) bond motifs is 2. The number of rotatable bonds is 8. The third kappa shape index (κ3) is 6.77. The summed E-state index contributed by atoms with van der Waals surface area (Å²) in [6.45, 7) is 2.60. The molecule has 272 valence electrons. The van der Waals surface area contributed by atoms with E-state index in [0.717, 1.165) is 39.9 Å². The van der Waals surface area contributed by atoms with Crippen molar-refractivity contribution < 1.29 is 0 Å². The first kappa shape index (κ1) is 35.5. The summed E-state index contributed by atoms with van der Waals surface area (Å²) >= 11 is 0. The third-order valence-corrected chi connectivity index (χ3v) is 11.5. The van der Waals surface area contributed by atoms with Gasteiger partial charge in [0.15, 0.2) is 5.84 Å². The topological polar surface area (TPSA) is 48.5 Å². The fourth-order valence-electron chi connectivity index (χ4n) is 8.68. The molecule has 0 amide bonds. The molecule has 7 aromatic carbocycles. The van der Waals surface area contributed by atoms with Crippen molar-refractivity contribution in [2.24, 2.45) is 9.98 Å². The minimum atomic E-state index is -0.500. The zero-order valence-electron chi connectivity index (χ0n) is 31.9. The van der Waals surface area contributed by atoms with Crippen molar-refractivity contribution >= 4 is 17.1 Å². The Morgan fingerprint density at radius 1 is 0.649 bits per heavy atom. The molecule has 0 radical (unpaired) electrons. The Bertz CT molecular complexity index is 2680.